The number of hydrogen-bond acceptors (Lipinski definition) is 3. The van der Waals surface area contributed by atoms with Crippen LogP contribution in [0.15, 0.2) is 72.8 Å². The summed E-state index contributed by atoms with van der Waals surface area (Å²) in [7, 11) is 0. The number of nitrogens with one attached hydrogen (secondary N) is 1. The number of amides is 1. The Kier molecular flexibility index (Phi) is 6.03. The van der Waals surface area contributed by atoms with E-state index in [0.717, 1.165) is 33.6 Å². The lowest BCUT2D eigenvalue weighted by Gasteiger charge is -2.17. The minimum atomic E-state index is -0.0830. The summed E-state index contributed by atoms with van der Waals surface area (Å²) < 4.78 is 7.85. The van der Waals surface area contributed by atoms with Crippen molar-refractivity contribution in [3.63, 3.8) is 0 Å². The molecule has 0 radical (unpaired) electrons. The Bertz CT molecular complexity index is 1200. The Labute approximate surface area is 182 Å². The lowest BCUT2D eigenvalue weighted by atomic mass is 9.98. The first-order valence-electron chi connectivity index (χ1n) is 10.5. The highest BCUT2D eigenvalue weighted by molar-refractivity contribution is 5.93. The third-order valence-electron chi connectivity index (χ3n) is 5.34. The maximum atomic E-state index is 13.1. The molecule has 5 nitrogen and oxygen atoms in total. The predicted molar refractivity (Wildman–Crippen MR) is 124 cm³/mol. The molecule has 0 spiro atoms. The van der Waals surface area contributed by atoms with E-state index in [2.05, 4.69) is 25.2 Å². The van der Waals surface area contributed by atoms with Crippen LogP contribution in [0.3, 0.4) is 0 Å². The van der Waals surface area contributed by atoms with Crippen LogP contribution in [-0.4, -0.2) is 15.5 Å². The van der Waals surface area contributed by atoms with E-state index in [0.29, 0.717) is 11.7 Å². The smallest absolute Gasteiger partial charge is 0.244 e. The van der Waals surface area contributed by atoms with Crippen LogP contribution in [0, 0.1) is 6.92 Å². The van der Waals surface area contributed by atoms with Crippen LogP contribution in [-0.2, 0) is 17.9 Å². The van der Waals surface area contributed by atoms with Gasteiger partial charge in [-0.3, -0.25) is 4.79 Å². The van der Waals surface area contributed by atoms with Crippen molar-refractivity contribution in [1.29, 1.82) is 0 Å². The fourth-order valence-corrected chi connectivity index (χ4v) is 3.74. The summed E-state index contributed by atoms with van der Waals surface area (Å²) in [6.07, 6.45) is 0. The largest absolute Gasteiger partial charge is 0.486 e. The molecule has 0 aliphatic carbocycles. The maximum Gasteiger partial charge on any atom is 0.244 e. The fourth-order valence-electron chi connectivity index (χ4n) is 3.74. The third kappa shape index (κ3) is 4.61. The molecular formula is C26H27N3O2. The molecular weight excluding hydrogens is 386 g/mol. The molecule has 0 fully saturated rings. The highest BCUT2D eigenvalue weighted by Gasteiger charge is 2.17. The summed E-state index contributed by atoms with van der Waals surface area (Å²) in [5.41, 5.74) is 4.85. The van der Waals surface area contributed by atoms with Crippen LogP contribution in [0.2, 0.25) is 0 Å². The number of nitrogens with zero attached hydrogens (tertiary/aromatic N) is 2. The molecule has 158 valence electrons. The number of aryl methyl sites for hydroxylation is 1. The van der Waals surface area contributed by atoms with Gasteiger partial charge in [0.2, 0.25) is 5.91 Å². The second kappa shape index (κ2) is 9.04. The summed E-state index contributed by atoms with van der Waals surface area (Å²) in [4.78, 5) is 17.8. The van der Waals surface area contributed by atoms with Gasteiger partial charge < -0.3 is 14.6 Å². The molecule has 4 aromatic rings. The minimum Gasteiger partial charge on any atom is -0.486 e. The molecule has 0 unspecified atom stereocenters. The van der Waals surface area contributed by atoms with Crippen molar-refractivity contribution >= 4 is 22.6 Å². The molecule has 3 aromatic carbocycles. The number of carbonyl (C=O) groups is 1. The molecule has 1 aromatic heterocycles. The Hall–Kier alpha value is -3.60. The fraction of sp³-hybridized carbons (Fsp3) is 0.231. The number of para-hydroxylation sites is 4. The van der Waals surface area contributed by atoms with E-state index in [1.54, 1.807) is 0 Å². The summed E-state index contributed by atoms with van der Waals surface area (Å²) in [5, 5.41) is 3.14. The first kappa shape index (κ1) is 20.7. The van der Waals surface area contributed by atoms with Crippen molar-refractivity contribution < 1.29 is 9.53 Å². The van der Waals surface area contributed by atoms with Crippen molar-refractivity contribution in [2.45, 2.75) is 39.8 Å². The van der Waals surface area contributed by atoms with E-state index < -0.39 is 0 Å². The lowest BCUT2D eigenvalue weighted by Crippen LogP contribution is -2.22. The van der Waals surface area contributed by atoms with E-state index in [-0.39, 0.29) is 19.1 Å². The number of aromatic nitrogens is 2. The second-order valence-corrected chi connectivity index (χ2v) is 7.95. The number of imidazole rings is 1. The molecule has 0 bridgehead atoms. The first-order valence-corrected chi connectivity index (χ1v) is 10.5. The number of ether oxygens (including phenoxy) is 1. The molecule has 0 aliphatic heterocycles. The lowest BCUT2D eigenvalue weighted by molar-refractivity contribution is -0.116. The highest BCUT2D eigenvalue weighted by Crippen LogP contribution is 2.27. The predicted octanol–water partition coefficient (Wildman–Crippen LogP) is 5.69. The Morgan fingerprint density at radius 3 is 2.52 bits per heavy atom. The van der Waals surface area contributed by atoms with E-state index in [9.17, 15) is 4.79 Å². The van der Waals surface area contributed by atoms with Crippen LogP contribution in [0.25, 0.3) is 11.0 Å². The second-order valence-electron chi connectivity index (χ2n) is 7.95. The van der Waals surface area contributed by atoms with Gasteiger partial charge in [-0.05, 0) is 48.2 Å². The molecule has 0 saturated carbocycles. The normalized spacial score (nSPS) is 11.1. The monoisotopic (exact) mass is 413 g/mol. The van der Waals surface area contributed by atoms with Gasteiger partial charge in [-0.2, -0.15) is 0 Å². The van der Waals surface area contributed by atoms with Gasteiger partial charge in [0.15, 0.2) is 0 Å². The summed E-state index contributed by atoms with van der Waals surface area (Å²) in [5.74, 6) is 1.72. The summed E-state index contributed by atoms with van der Waals surface area (Å²) >= 11 is 0. The Balaban J connectivity index is 1.60. The van der Waals surface area contributed by atoms with Gasteiger partial charge in [0, 0.05) is 5.69 Å². The standard InChI is InChI=1S/C26H27N3O2/c1-18(2)21-13-9-10-19(3)26(21)28-25(30)16-29-23-15-8-7-14-22(23)27-24(29)17-31-20-11-5-4-6-12-20/h4-15,18H,16-17H2,1-3H3,(H,28,30). The van der Waals surface area contributed by atoms with Crippen molar-refractivity contribution in [2.75, 3.05) is 5.32 Å². The van der Waals surface area contributed by atoms with Crippen LogP contribution in [0.4, 0.5) is 5.69 Å². The number of rotatable bonds is 7. The zero-order valence-electron chi connectivity index (χ0n) is 18.1. The molecule has 5 heteroatoms. The SMILES string of the molecule is Cc1cccc(C(C)C)c1NC(=O)Cn1c(COc2ccccc2)nc2ccccc21. The quantitative estimate of drug-likeness (QED) is 0.424. The Morgan fingerprint density at radius 1 is 1.00 bits per heavy atom. The van der Waals surface area contributed by atoms with E-state index in [1.807, 2.05) is 78.2 Å². The molecule has 0 saturated heterocycles. The van der Waals surface area contributed by atoms with Crippen LogP contribution >= 0.6 is 0 Å². The van der Waals surface area contributed by atoms with Crippen LogP contribution < -0.4 is 10.1 Å². The average Bonchev–Trinajstić information content (AvgIpc) is 3.11. The van der Waals surface area contributed by atoms with Gasteiger partial charge >= 0.3 is 0 Å². The number of carbonyl (C=O) groups excluding carboxylic acids is 1. The highest BCUT2D eigenvalue weighted by atomic mass is 16.5. The minimum absolute atomic E-state index is 0.0830. The molecule has 31 heavy (non-hydrogen) atoms. The van der Waals surface area contributed by atoms with Crippen molar-refractivity contribution in [3.05, 3.63) is 89.7 Å². The molecule has 0 aliphatic rings. The molecule has 1 N–H and O–H groups in total. The third-order valence-corrected chi connectivity index (χ3v) is 5.34. The van der Waals surface area contributed by atoms with Crippen LogP contribution in [0.1, 0.15) is 36.7 Å². The van der Waals surface area contributed by atoms with Crippen LogP contribution in [0.5, 0.6) is 5.75 Å². The molecule has 4 rings (SSSR count). The first-order chi connectivity index (χ1) is 15.0. The van der Waals surface area contributed by atoms with Crippen molar-refractivity contribution in [1.82, 2.24) is 9.55 Å². The number of benzene rings is 3. The van der Waals surface area contributed by atoms with Gasteiger partial charge in [0.1, 0.15) is 24.7 Å². The van der Waals surface area contributed by atoms with E-state index >= 15 is 0 Å². The molecule has 1 heterocycles. The number of fused-ring (bicyclic) bond motifs is 1. The average molecular weight is 414 g/mol. The summed E-state index contributed by atoms with van der Waals surface area (Å²) in [6.45, 7) is 6.74. The van der Waals surface area contributed by atoms with Gasteiger partial charge in [0.05, 0.1) is 11.0 Å². The van der Waals surface area contributed by atoms with Gasteiger partial charge in [0.25, 0.3) is 0 Å². The zero-order valence-corrected chi connectivity index (χ0v) is 18.1. The number of anilines is 1. The topological polar surface area (TPSA) is 56.2 Å². The van der Waals surface area contributed by atoms with Gasteiger partial charge in [-0.1, -0.05) is 62.4 Å². The molecule has 0 atom stereocenters. The van der Waals surface area contributed by atoms with Crippen molar-refractivity contribution in [2.24, 2.45) is 0 Å². The van der Waals surface area contributed by atoms with E-state index in [4.69, 9.17) is 9.72 Å². The number of hydrogen-bond donors (Lipinski definition) is 1. The van der Waals surface area contributed by atoms with Gasteiger partial charge in [-0.15, -0.1) is 0 Å². The summed E-state index contributed by atoms with van der Waals surface area (Å²) in [6, 6.07) is 23.6. The Morgan fingerprint density at radius 2 is 1.74 bits per heavy atom. The zero-order chi connectivity index (χ0) is 21.8. The molecule has 1 amide bonds. The van der Waals surface area contributed by atoms with Gasteiger partial charge in [-0.25, -0.2) is 4.98 Å². The van der Waals surface area contributed by atoms with E-state index in [1.165, 1.54) is 0 Å². The maximum absolute atomic E-state index is 13.1. The van der Waals surface area contributed by atoms with Crippen molar-refractivity contribution in [3.8, 4) is 5.75 Å².